The molecular weight excluding hydrogens is 268 g/mol. The highest BCUT2D eigenvalue weighted by Gasteiger charge is 2.35. The van der Waals surface area contributed by atoms with Gasteiger partial charge in [0.05, 0.1) is 18.6 Å². The van der Waals surface area contributed by atoms with Crippen LogP contribution in [0.4, 0.5) is 0 Å². The summed E-state index contributed by atoms with van der Waals surface area (Å²) in [6.07, 6.45) is 7.21. The topological polar surface area (TPSA) is 77.8 Å². The van der Waals surface area contributed by atoms with Crippen LogP contribution in [0.1, 0.15) is 59.3 Å². The Balaban J connectivity index is 2.63. The number of hydrogen-bond donors (Lipinski definition) is 3. The Morgan fingerprint density at radius 2 is 2.05 bits per heavy atom. The average molecular weight is 298 g/mol. The first-order valence-corrected chi connectivity index (χ1v) is 8.04. The molecule has 0 heterocycles. The van der Waals surface area contributed by atoms with Crippen LogP contribution in [0.15, 0.2) is 12.2 Å². The second kappa shape index (κ2) is 7.95. The molecule has 0 aromatic rings. The van der Waals surface area contributed by atoms with Crippen LogP contribution in [0.25, 0.3) is 0 Å². The minimum absolute atomic E-state index is 0.00844. The predicted molar refractivity (Wildman–Crippen MR) is 82.9 cm³/mol. The van der Waals surface area contributed by atoms with Gasteiger partial charge < -0.3 is 15.3 Å². The summed E-state index contributed by atoms with van der Waals surface area (Å²) in [6.45, 7) is 6.24. The number of aliphatic hydroxyl groups excluding tert-OH is 2. The van der Waals surface area contributed by atoms with Gasteiger partial charge in [-0.25, -0.2) is 0 Å². The van der Waals surface area contributed by atoms with Crippen molar-refractivity contribution in [1.82, 2.24) is 0 Å². The molecule has 21 heavy (non-hydrogen) atoms. The first kappa shape index (κ1) is 18.2. The van der Waals surface area contributed by atoms with Crippen molar-refractivity contribution in [3.63, 3.8) is 0 Å². The van der Waals surface area contributed by atoms with E-state index in [1.54, 1.807) is 6.08 Å². The van der Waals surface area contributed by atoms with Crippen LogP contribution in [0, 0.1) is 17.3 Å². The number of hydrogen-bond acceptors (Lipinski definition) is 3. The van der Waals surface area contributed by atoms with E-state index >= 15 is 0 Å². The molecule has 4 atom stereocenters. The molecule has 0 aromatic carbocycles. The van der Waals surface area contributed by atoms with E-state index in [4.69, 9.17) is 5.11 Å². The zero-order chi connectivity index (χ0) is 16.0. The Kier molecular flexibility index (Phi) is 6.88. The number of carbonyl (C=O) groups is 1. The maximum Gasteiger partial charge on any atom is 0.303 e. The number of allylic oxidation sites excluding steroid dienone is 1. The SMILES string of the molecule is CCCCC(C)(C)C(O)/C=C/C1CC[C@@H](O)C1CC(=O)O. The van der Waals surface area contributed by atoms with Crippen LogP contribution >= 0.6 is 0 Å². The first-order valence-electron chi connectivity index (χ1n) is 8.04. The highest BCUT2D eigenvalue weighted by Crippen LogP contribution is 2.36. The summed E-state index contributed by atoms with van der Waals surface area (Å²) in [4.78, 5) is 10.9. The molecule has 0 saturated heterocycles. The van der Waals surface area contributed by atoms with Crippen molar-refractivity contribution in [1.29, 1.82) is 0 Å². The summed E-state index contributed by atoms with van der Waals surface area (Å²) in [5, 5.41) is 29.2. The number of aliphatic carboxylic acids is 1. The monoisotopic (exact) mass is 298 g/mol. The van der Waals surface area contributed by atoms with Crippen LogP contribution < -0.4 is 0 Å². The van der Waals surface area contributed by atoms with Gasteiger partial charge in [0.2, 0.25) is 0 Å². The average Bonchev–Trinajstić information content (AvgIpc) is 2.74. The van der Waals surface area contributed by atoms with E-state index in [9.17, 15) is 15.0 Å². The highest BCUT2D eigenvalue weighted by atomic mass is 16.4. The van der Waals surface area contributed by atoms with Crippen molar-refractivity contribution in [2.45, 2.75) is 71.5 Å². The molecule has 1 aliphatic carbocycles. The number of rotatable bonds is 8. The minimum atomic E-state index is -0.872. The number of carboxylic acids is 1. The highest BCUT2D eigenvalue weighted by molar-refractivity contribution is 5.67. The van der Waals surface area contributed by atoms with Crippen molar-refractivity contribution < 1.29 is 20.1 Å². The van der Waals surface area contributed by atoms with Gasteiger partial charge in [0.25, 0.3) is 0 Å². The van der Waals surface area contributed by atoms with E-state index in [-0.39, 0.29) is 23.7 Å². The number of carboxylic acid groups (broad SMARTS) is 1. The van der Waals surface area contributed by atoms with Gasteiger partial charge >= 0.3 is 5.97 Å². The smallest absolute Gasteiger partial charge is 0.303 e. The van der Waals surface area contributed by atoms with Crippen molar-refractivity contribution in [2.75, 3.05) is 0 Å². The van der Waals surface area contributed by atoms with Gasteiger partial charge in [-0.1, -0.05) is 45.8 Å². The van der Waals surface area contributed by atoms with E-state index in [1.165, 1.54) is 0 Å². The predicted octanol–water partition coefficient (Wildman–Crippen LogP) is 2.98. The summed E-state index contributed by atoms with van der Waals surface area (Å²) >= 11 is 0. The lowest BCUT2D eigenvalue weighted by Crippen LogP contribution is -2.28. The Morgan fingerprint density at radius 3 is 2.62 bits per heavy atom. The molecule has 0 aromatic heterocycles. The van der Waals surface area contributed by atoms with Crippen molar-refractivity contribution in [3.05, 3.63) is 12.2 Å². The third-order valence-corrected chi connectivity index (χ3v) is 4.77. The Labute approximate surface area is 127 Å². The number of aliphatic hydroxyl groups is 2. The van der Waals surface area contributed by atoms with Gasteiger partial charge in [0.15, 0.2) is 0 Å². The summed E-state index contributed by atoms with van der Waals surface area (Å²) in [6, 6.07) is 0. The lowest BCUT2D eigenvalue weighted by atomic mass is 9.80. The fraction of sp³-hybridized carbons (Fsp3) is 0.824. The molecule has 4 heteroatoms. The Bertz CT molecular complexity index is 362. The van der Waals surface area contributed by atoms with Gasteiger partial charge in [-0.15, -0.1) is 0 Å². The van der Waals surface area contributed by atoms with Gasteiger partial charge in [-0.05, 0) is 30.6 Å². The third kappa shape index (κ3) is 5.44. The fourth-order valence-electron chi connectivity index (χ4n) is 3.09. The molecule has 0 spiro atoms. The quantitative estimate of drug-likeness (QED) is 0.602. The van der Waals surface area contributed by atoms with Crippen molar-refractivity contribution in [2.24, 2.45) is 17.3 Å². The first-order chi connectivity index (χ1) is 9.77. The van der Waals surface area contributed by atoms with Crippen LogP contribution in [0.5, 0.6) is 0 Å². The molecule has 4 nitrogen and oxygen atoms in total. The number of unbranched alkanes of at least 4 members (excludes halogenated alkanes) is 1. The lowest BCUT2D eigenvalue weighted by molar-refractivity contribution is -0.139. The van der Waals surface area contributed by atoms with E-state index < -0.39 is 18.2 Å². The molecule has 1 fully saturated rings. The van der Waals surface area contributed by atoms with Crippen LogP contribution in [0.3, 0.4) is 0 Å². The molecule has 1 aliphatic rings. The van der Waals surface area contributed by atoms with Gasteiger partial charge in [0.1, 0.15) is 0 Å². The molecule has 122 valence electrons. The second-order valence-electron chi connectivity index (χ2n) is 6.99. The molecule has 0 amide bonds. The normalized spacial score (nSPS) is 28.1. The molecule has 3 N–H and O–H groups in total. The van der Waals surface area contributed by atoms with Crippen molar-refractivity contribution >= 4 is 5.97 Å². The summed E-state index contributed by atoms with van der Waals surface area (Å²) in [5.41, 5.74) is -0.175. The standard InChI is InChI=1S/C17H30O4/c1-4-5-10-17(2,3)15(19)9-7-12-6-8-14(18)13(12)11-16(20)21/h7,9,12-15,18-19H,4-6,8,10-11H2,1-3H3,(H,20,21)/b9-7+/t12?,13?,14-,15?/m1/s1. The van der Waals surface area contributed by atoms with Crippen LogP contribution in [0.2, 0.25) is 0 Å². The largest absolute Gasteiger partial charge is 0.481 e. The molecule has 0 bridgehead atoms. The summed E-state index contributed by atoms with van der Waals surface area (Å²) < 4.78 is 0. The van der Waals surface area contributed by atoms with E-state index in [0.717, 1.165) is 25.7 Å². The molecule has 1 rings (SSSR count). The van der Waals surface area contributed by atoms with Gasteiger partial charge in [-0.2, -0.15) is 0 Å². The van der Waals surface area contributed by atoms with Crippen molar-refractivity contribution in [3.8, 4) is 0 Å². The Morgan fingerprint density at radius 1 is 1.38 bits per heavy atom. The lowest BCUT2D eigenvalue weighted by Gasteiger charge is -2.29. The van der Waals surface area contributed by atoms with Gasteiger partial charge in [0, 0.05) is 5.92 Å². The van der Waals surface area contributed by atoms with E-state index in [2.05, 4.69) is 20.8 Å². The maximum absolute atomic E-state index is 10.9. The zero-order valence-corrected chi connectivity index (χ0v) is 13.5. The van der Waals surface area contributed by atoms with Gasteiger partial charge in [-0.3, -0.25) is 4.79 Å². The Hall–Kier alpha value is -0.870. The molecule has 3 unspecified atom stereocenters. The molecular formula is C17H30O4. The van der Waals surface area contributed by atoms with Crippen LogP contribution in [-0.4, -0.2) is 33.5 Å². The summed E-state index contributed by atoms with van der Waals surface area (Å²) in [5.74, 6) is -1.05. The van der Waals surface area contributed by atoms with E-state index in [0.29, 0.717) is 6.42 Å². The second-order valence-corrected chi connectivity index (χ2v) is 6.99. The maximum atomic E-state index is 10.9. The van der Waals surface area contributed by atoms with E-state index in [1.807, 2.05) is 6.08 Å². The summed E-state index contributed by atoms with van der Waals surface area (Å²) in [7, 11) is 0. The third-order valence-electron chi connectivity index (χ3n) is 4.77. The molecule has 1 saturated carbocycles. The zero-order valence-electron chi connectivity index (χ0n) is 13.5. The molecule has 0 aliphatic heterocycles. The fourth-order valence-corrected chi connectivity index (χ4v) is 3.09. The van der Waals surface area contributed by atoms with Crippen LogP contribution in [-0.2, 0) is 4.79 Å². The molecule has 0 radical (unpaired) electrons. The minimum Gasteiger partial charge on any atom is -0.481 e.